The van der Waals surface area contributed by atoms with Crippen LogP contribution in [0.2, 0.25) is 0 Å². The molecule has 0 aliphatic rings. The van der Waals surface area contributed by atoms with Gasteiger partial charge < -0.3 is 15.2 Å². The minimum atomic E-state index is -0.660. The third-order valence-electron chi connectivity index (χ3n) is 3.43. The molecule has 0 radical (unpaired) electrons. The quantitative estimate of drug-likeness (QED) is 0.783. The molecular weight excluding hydrogens is 334 g/mol. The summed E-state index contributed by atoms with van der Waals surface area (Å²) in [4.78, 5) is 12.1. The average molecular weight is 358 g/mol. The van der Waals surface area contributed by atoms with E-state index in [2.05, 4.69) is 21.2 Å². The lowest BCUT2D eigenvalue weighted by Crippen LogP contribution is -2.42. The summed E-state index contributed by atoms with van der Waals surface area (Å²) in [6.45, 7) is 7.47. The second-order valence-corrected chi connectivity index (χ2v) is 6.06. The fraction of sp³-hybridized carbons (Fsp3) is 0.562. The highest BCUT2D eigenvalue weighted by molar-refractivity contribution is 9.10. The van der Waals surface area contributed by atoms with Crippen LogP contribution in [-0.4, -0.2) is 23.2 Å². The molecule has 0 bridgehead atoms. The van der Waals surface area contributed by atoms with E-state index in [9.17, 15) is 9.90 Å². The topological polar surface area (TPSA) is 58.6 Å². The van der Waals surface area contributed by atoms with Gasteiger partial charge in [-0.1, -0.05) is 29.8 Å². The zero-order valence-electron chi connectivity index (χ0n) is 13.0. The van der Waals surface area contributed by atoms with Crippen molar-refractivity contribution in [3.63, 3.8) is 0 Å². The van der Waals surface area contributed by atoms with Gasteiger partial charge in [0.15, 0.2) is 6.10 Å². The largest absolute Gasteiger partial charge is 0.481 e. The van der Waals surface area contributed by atoms with E-state index in [1.807, 2.05) is 19.9 Å². The molecule has 0 saturated carbocycles. The highest BCUT2D eigenvalue weighted by atomic mass is 79.9. The summed E-state index contributed by atoms with van der Waals surface area (Å²) in [6, 6.07) is 5.55. The summed E-state index contributed by atoms with van der Waals surface area (Å²) in [6.07, 6.45) is 0.522. The first-order valence-electron chi connectivity index (χ1n) is 7.33. The van der Waals surface area contributed by atoms with E-state index >= 15 is 0 Å². The third-order valence-corrected chi connectivity index (χ3v) is 3.92. The Labute approximate surface area is 135 Å². The number of nitrogens with one attached hydrogen (secondary N) is 1. The average Bonchev–Trinajstić information content (AvgIpc) is 2.45. The second kappa shape index (κ2) is 8.39. The van der Waals surface area contributed by atoms with Crippen molar-refractivity contribution >= 4 is 21.8 Å². The number of hydrogen-bond donors (Lipinski definition) is 2. The fourth-order valence-electron chi connectivity index (χ4n) is 2.01. The van der Waals surface area contributed by atoms with Crippen molar-refractivity contribution in [2.75, 3.05) is 0 Å². The molecule has 2 unspecified atom stereocenters. The Kier molecular flexibility index (Phi) is 7.18. The molecule has 1 amide bonds. The van der Waals surface area contributed by atoms with Crippen LogP contribution in [0.4, 0.5) is 0 Å². The molecule has 1 aromatic rings. The first-order chi connectivity index (χ1) is 9.88. The maximum atomic E-state index is 12.1. The number of carbonyl (C=O) groups is 1. The van der Waals surface area contributed by atoms with Crippen LogP contribution >= 0.6 is 15.9 Å². The van der Waals surface area contributed by atoms with E-state index in [0.29, 0.717) is 11.3 Å². The van der Waals surface area contributed by atoms with Gasteiger partial charge in [-0.25, -0.2) is 0 Å². The molecule has 0 spiro atoms. The van der Waals surface area contributed by atoms with Crippen LogP contribution in [0.3, 0.4) is 0 Å². The molecule has 0 heterocycles. The number of aliphatic hydroxyl groups is 1. The Morgan fingerprint density at radius 1 is 1.33 bits per heavy atom. The number of hydrogen-bond acceptors (Lipinski definition) is 3. The van der Waals surface area contributed by atoms with Crippen LogP contribution in [0.1, 0.15) is 52.2 Å². The van der Waals surface area contributed by atoms with E-state index in [-0.39, 0.29) is 11.9 Å². The molecule has 118 valence electrons. The molecule has 0 aliphatic carbocycles. The summed E-state index contributed by atoms with van der Waals surface area (Å²) in [5.74, 6) is 0.392. The lowest BCUT2D eigenvalue weighted by Gasteiger charge is -2.21. The zero-order chi connectivity index (χ0) is 16.0. The maximum Gasteiger partial charge on any atom is 0.260 e. The number of halogens is 1. The monoisotopic (exact) mass is 357 g/mol. The third kappa shape index (κ3) is 5.32. The maximum absolute atomic E-state index is 12.1. The molecule has 21 heavy (non-hydrogen) atoms. The zero-order valence-corrected chi connectivity index (χ0v) is 14.6. The number of aliphatic hydroxyl groups excluding tert-OH is 1. The summed E-state index contributed by atoms with van der Waals surface area (Å²) < 4.78 is 6.58. The van der Waals surface area contributed by atoms with E-state index < -0.39 is 12.2 Å². The van der Waals surface area contributed by atoms with Gasteiger partial charge in [0.2, 0.25) is 0 Å². The molecule has 0 saturated heterocycles. The fourth-order valence-corrected chi connectivity index (χ4v) is 2.39. The van der Waals surface area contributed by atoms with Crippen molar-refractivity contribution < 1.29 is 14.6 Å². The normalized spacial score (nSPS) is 13.9. The van der Waals surface area contributed by atoms with Gasteiger partial charge in [-0.15, -0.1) is 0 Å². The molecule has 1 rings (SSSR count). The van der Waals surface area contributed by atoms with Crippen LogP contribution < -0.4 is 10.1 Å². The summed E-state index contributed by atoms with van der Waals surface area (Å²) in [7, 11) is 0. The first-order valence-corrected chi connectivity index (χ1v) is 8.12. The van der Waals surface area contributed by atoms with Gasteiger partial charge in [0, 0.05) is 16.1 Å². The molecule has 1 aromatic carbocycles. The minimum Gasteiger partial charge on any atom is -0.481 e. The van der Waals surface area contributed by atoms with Gasteiger partial charge in [-0.3, -0.25) is 4.79 Å². The number of ether oxygens (including phenoxy) is 1. The predicted molar refractivity (Wildman–Crippen MR) is 87.4 cm³/mol. The van der Waals surface area contributed by atoms with Gasteiger partial charge in [0.05, 0.1) is 6.10 Å². The molecule has 5 heteroatoms. The predicted octanol–water partition coefficient (Wildman–Crippen LogP) is 3.57. The van der Waals surface area contributed by atoms with E-state index in [1.54, 1.807) is 26.0 Å². The van der Waals surface area contributed by atoms with Gasteiger partial charge in [0.1, 0.15) is 5.75 Å². The molecule has 0 aliphatic heterocycles. The standard InChI is InChI=1S/C16H24BrNO3/c1-5-13(6-2)18-16(20)11(4)21-15-8-7-12(17)9-14(15)10(3)19/h7-11,13,19H,5-6H2,1-4H3,(H,18,20). The Bertz CT molecular complexity index is 473. The Morgan fingerprint density at radius 2 is 1.95 bits per heavy atom. The lowest BCUT2D eigenvalue weighted by molar-refractivity contribution is -0.128. The number of benzene rings is 1. The van der Waals surface area contributed by atoms with Crippen molar-refractivity contribution in [2.24, 2.45) is 0 Å². The summed E-state index contributed by atoms with van der Waals surface area (Å²) in [5.41, 5.74) is 0.659. The molecule has 2 N–H and O–H groups in total. The van der Waals surface area contributed by atoms with Crippen LogP contribution in [0, 0.1) is 0 Å². The second-order valence-electron chi connectivity index (χ2n) is 5.14. The van der Waals surface area contributed by atoms with Gasteiger partial charge in [0.25, 0.3) is 5.91 Å². The highest BCUT2D eigenvalue weighted by Crippen LogP contribution is 2.29. The van der Waals surface area contributed by atoms with Crippen molar-refractivity contribution in [3.8, 4) is 5.75 Å². The molecule has 0 fully saturated rings. The Balaban J connectivity index is 2.78. The van der Waals surface area contributed by atoms with Crippen molar-refractivity contribution in [1.82, 2.24) is 5.32 Å². The number of carbonyl (C=O) groups excluding carboxylic acids is 1. The smallest absolute Gasteiger partial charge is 0.260 e. The van der Waals surface area contributed by atoms with E-state index in [4.69, 9.17) is 4.74 Å². The van der Waals surface area contributed by atoms with Gasteiger partial charge >= 0.3 is 0 Å². The Hall–Kier alpha value is -1.07. The lowest BCUT2D eigenvalue weighted by atomic mass is 10.1. The SMILES string of the molecule is CCC(CC)NC(=O)C(C)Oc1ccc(Br)cc1C(C)O. The molecule has 2 atom stereocenters. The van der Waals surface area contributed by atoms with Crippen LogP contribution in [-0.2, 0) is 4.79 Å². The number of rotatable bonds is 7. The van der Waals surface area contributed by atoms with E-state index in [1.165, 1.54) is 0 Å². The first kappa shape index (κ1) is 18.0. The highest BCUT2D eigenvalue weighted by Gasteiger charge is 2.19. The molecule has 0 aromatic heterocycles. The van der Waals surface area contributed by atoms with Crippen LogP contribution in [0.5, 0.6) is 5.75 Å². The molecular formula is C16H24BrNO3. The van der Waals surface area contributed by atoms with Crippen molar-refractivity contribution in [2.45, 2.75) is 58.8 Å². The number of amides is 1. The van der Waals surface area contributed by atoms with Gasteiger partial charge in [-0.2, -0.15) is 0 Å². The Morgan fingerprint density at radius 3 is 2.48 bits per heavy atom. The van der Waals surface area contributed by atoms with Gasteiger partial charge in [-0.05, 0) is 44.9 Å². The summed E-state index contributed by atoms with van der Waals surface area (Å²) in [5, 5.41) is 12.8. The minimum absolute atomic E-state index is 0.136. The molecule has 4 nitrogen and oxygen atoms in total. The van der Waals surface area contributed by atoms with Crippen LogP contribution in [0.25, 0.3) is 0 Å². The summed E-state index contributed by atoms with van der Waals surface area (Å²) >= 11 is 3.37. The van der Waals surface area contributed by atoms with Crippen molar-refractivity contribution in [3.05, 3.63) is 28.2 Å². The van der Waals surface area contributed by atoms with Crippen LogP contribution in [0.15, 0.2) is 22.7 Å². The van der Waals surface area contributed by atoms with E-state index in [0.717, 1.165) is 17.3 Å². The van der Waals surface area contributed by atoms with Crippen molar-refractivity contribution in [1.29, 1.82) is 0 Å².